The molecule has 0 unspecified atom stereocenters. The van der Waals surface area contributed by atoms with Gasteiger partial charge < -0.3 is 9.47 Å². The first-order chi connectivity index (χ1) is 14.2. The average Bonchev–Trinajstić information content (AvgIpc) is 3.28. The van der Waals surface area contributed by atoms with Gasteiger partial charge in [0.1, 0.15) is 5.60 Å². The van der Waals surface area contributed by atoms with Crippen LogP contribution in [-0.4, -0.2) is 24.5 Å². The molecule has 2 heterocycles. The number of hydrogen-bond donors (Lipinski definition) is 0. The lowest BCUT2D eigenvalue weighted by molar-refractivity contribution is 0.0480. The molecule has 0 bridgehead atoms. The number of fused-ring (bicyclic) bond motifs is 3. The molecule has 4 aromatic carbocycles. The summed E-state index contributed by atoms with van der Waals surface area (Å²) in [5.41, 5.74) is 1.85. The SMILES string of the molecule is C[C@]12CCCN1[B]OC2(c1ccc2ccccc2c1)c1ccc2ccccc2c1. The van der Waals surface area contributed by atoms with E-state index in [9.17, 15) is 0 Å². The van der Waals surface area contributed by atoms with Crippen LogP contribution in [0, 0.1) is 0 Å². The van der Waals surface area contributed by atoms with Crippen molar-refractivity contribution >= 4 is 29.2 Å². The molecule has 3 heteroatoms. The predicted octanol–water partition coefficient (Wildman–Crippen LogP) is 5.66. The van der Waals surface area contributed by atoms with E-state index in [1.54, 1.807) is 0 Å². The third-order valence-corrected chi connectivity index (χ3v) is 7.12. The Morgan fingerprint density at radius 2 is 1.31 bits per heavy atom. The summed E-state index contributed by atoms with van der Waals surface area (Å²) in [6, 6.07) is 30.8. The third kappa shape index (κ3) is 2.32. The van der Waals surface area contributed by atoms with Crippen LogP contribution in [-0.2, 0) is 10.3 Å². The van der Waals surface area contributed by atoms with Crippen LogP contribution in [0.15, 0.2) is 84.9 Å². The number of benzene rings is 4. The van der Waals surface area contributed by atoms with Gasteiger partial charge in [-0.1, -0.05) is 72.8 Å². The number of nitrogens with zero attached hydrogens (tertiary/aromatic N) is 1. The smallest absolute Gasteiger partial charge is 0.400 e. The van der Waals surface area contributed by atoms with Crippen molar-refractivity contribution in [2.75, 3.05) is 6.54 Å². The minimum absolute atomic E-state index is 0.0993. The molecule has 2 fully saturated rings. The van der Waals surface area contributed by atoms with E-state index >= 15 is 0 Å². The molecule has 1 radical (unpaired) electrons. The summed E-state index contributed by atoms with van der Waals surface area (Å²) in [5, 5.41) is 5.04. The number of hydrogen-bond acceptors (Lipinski definition) is 2. The van der Waals surface area contributed by atoms with E-state index in [0.29, 0.717) is 0 Å². The first kappa shape index (κ1) is 17.3. The highest BCUT2D eigenvalue weighted by molar-refractivity contribution is 6.25. The summed E-state index contributed by atoms with van der Waals surface area (Å²) < 4.78 is 6.68. The zero-order valence-corrected chi connectivity index (χ0v) is 16.6. The van der Waals surface area contributed by atoms with Crippen LogP contribution in [0.4, 0.5) is 0 Å². The van der Waals surface area contributed by atoms with Gasteiger partial charge in [-0.2, -0.15) is 0 Å². The van der Waals surface area contributed by atoms with Gasteiger partial charge in [0, 0.05) is 5.54 Å². The summed E-state index contributed by atoms with van der Waals surface area (Å²) in [7, 11) is 1.98. The van der Waals surface area contributed by atoms with Gasteiger partial charge in [0.25, 0.3) is 0 Å². The van der Waals surface area contributed by atoms with Crippen molar-refractivity contribution in [3.8, 4) is 0 Å². The maximum absolute atomic E-state index is 6.68. The molecule has 1 atom stereocenters. The maximum atomic E-state index is 6.68. The molecule has 0 N–H and O–H groups in total. The summed E-state index contributed by atoms with van der Waals surface area (Å²) in [6.45, 7) is 3.42. The summed E-state index contributed by atoms with van der Waals surface area (Å²) in [4.78, 5) is 2.41. The lowest BCUT2D eigenvalue weighted by atomic mass is 9.70. The Kier molecular flexibility index (Phi) is 3.68. The Morgan fingerprint density at radius 1 is 0.759 bits per heavy atom. The molecule has 2 aliphatic heterocycles. The van der Waals surface area contributed by atoms with Crippen LogP contribution >= 0.6 is 0 Å². The second kappa shape index (κ2) is 6.19. The minimum atomic E-state index is -0.516. The monoisotopic (exact) mass is 376 g/mol. The lowest BCUT2D eigenvalue weighted by Crippen LogP contribution is -2.51. The van der Waals surface area contributed by atoms with Crippen molar-refractivity contribution in [3.63, 3.8) is 0 Å². The van der Waals surface area contributed by atoms with Gasteiger partial charge in [-0.15, -0.1) is 0 Å². The average molecular weight is 376 g/mol. The van der Waals surface area contributed by atoms with Crippen molar-refractivity contribution in [1.29, 1.82) is 0 Å². The lowest BCUT2D eigenvalue weighted by Gasteiger charge is -2.45. The van der Waals surface area contributed by atoms with Crippen molar-refractivity contribution in [2.45, 2.75) is 30.9 Å². The van der Waals surface area contributed by atoms with Gasteiger partial charge in [-0.05, 0) is 71.1 Å². The van der Waals surface area contributed by atoms with E-state index in [1.807, 2.05) is 7.62 Å². The molecule has 141 valence electrons. The molecule has 6 rings (SSSR count). The summed E-state index contributed by atoms with van der Waals surface area (Å²) in [5.74, 6) is 0. The van der Waals surface area contributed by atoms with Gasteiger partial charge in [-0.3, -0.25) is 0 Å². The van der Waals surface area contributed by atoms with E-state index in [0.717, 1.165) is 13.0 Å². The van der Waals surface area contributed by atoms with Gasteiger partial charge in [0.2, 0.25) is 0 Å². The Hall–Kier alpha value is -2.62. The molecular formula is C26H23BNO. The molecule has 2 nitrogen and oxygen atoms in total. The van der Waals surface area contributed by atoms with Crippen LogP contribution < -0.4 is 0 Å². The fourth-order valence-corrected chi connectivity index (χ4v) is 5.54. The van der Waals surface area contributed by atoms with Crippen LogP contribution in [0.25, 0.3) is 21.5 Å². The fraction of sp³-hybridized carbons (Fsp3) is 0.231. The van der Waals surface area contributed by atoms with Crippen molar-refractivity contribution < 1.29 is 4.65 Å². The minimum Gasteiger partial charge on any atom is -0.409 e. The summed E-state index contributed by atoms with van der Waals surface area (Å²) >= 11 is 0. The van der Waals surface area contributed by atoms with Crippen LogP contribution in [0.5, 0.6) is 0 Å². The molecule has 29 heavy (non-hydrogen) atoms. The topological polar surface area (TPSA) is 12.5 Å². The molecule has 2 aliphatic rings. The van der Waals surface area contributed by atoms with Crippen LogP contribution in [0.3, 0.4) is 0 Å². The van der Waals surface area contributed by atoms with E-state index in [-0.39, 0.29) is 5.54 Å². The van der Waals surface area contributed by atoms with Gasteiger partial charge in [0.15, 0.2) is 0 Å². The van der Waals surface area contributed by atoms with Crippen molar-refractivity contribution in [2.24, 2.45) is 0 Å². The highest BCUT2D eigenvalue weighted by atomic mass is 16.5. The molecule has 0 spiro atoms. The van der Waals surface area contributed by atoms with E-state index in [1.165, 1.54) is 39.1 Å². The number of rotatable bonds is 2. The second-order valence-electron chi connectivity index (χ2n) is 8.60. The van der Waals surface area contributed by atoms with Crippen molar-refractivity contribution in [3.05, 3.63) is 96.1 Å². The first-order valence-electron chi connectivity index (χ1n) is 10.5. The van der Waals surface area contributed by atoms with Gasteiger partial charge >= 0.3 is 7.62 Å². The Bertz CT molecular complexity index is 1160. The standard InChI is InChI=1S/C26H23BNO/c1-25-15-6-16-28(25)27-29-26(25,23-13-11-19-7-2-4-9-21(19)17-23)24-14-12-20-8-3-5-10-22(20)18-24/h2-5,7-14,17-18H,6,15-16H2,1H3/t25-/m1/s1. The van der Waals surface area contributed by atoms with Crippen molar-refractivity contribution in [1.82, 2.24) is 4.81 Å². The Labute approximate surface area is 172 Å². The highest BCUT2D eigenvalue weighted by Crippen LogP contribution is 2.54. The maximum Gasteiger partial charge on any atom is 0.400 e. The van der Waals surface area contributed by atoms with Crippen LogP contribution in [0.1, 0.15) is 30.9 Å². The zero-order valence-electron chi connectivity index (χ0n) is 16.6. The molecule has 0 saturated carbocycles. The first-order valence-corrected chi connectivity index (χ1v) is 10.5. The highest BCUT2D eigenvalue weighted by Gasteiger charge is 2.61. The van der Waals surface area contributed by atoms with E-state index in [4.69, 9.17) is 4.65 Å². The zero-order chi connectivity index (χ0) is 19.5. The Balaban J connectivity index is 1.64. The van der Waals surface area contributed by atoms with Crippen LogP contribution in [0.2, 0.25) is 0 Å². The largest absolute Gasteiger partial charge is 0.409 e. The molecule has 0 amide bonds. The molecule has 0 aliphatic carbocycles. The molecule has 0 aromatic heterocycles. The predicted molar refractivity (Wildman–Crippen MR) is 120 cm³/mol. The van der Waals surface area contributed by atoms with Gasteiger partial charge in [0.05, 0.1) is 0 Å². The van der Waals surface area contributed by atoms with Gasteiger partial charge in [-0.25, -0.2) is 0 Å². The molecular weight excluding hydrogens is 353 g/mol. The summed E-state index contributed by atoms with van der Waals surface area (Å²) in [6.07, 6.45) is 2.31. The Morgan fingerprint density at radius 3 is 1.90 bits per heavy atom. The molecule has 4 aromatic rings. The van der Waals surface area contributed by atoms with E-state index in [2.05, 4.69) is 96.7 Å². The quantitative estimate of drug-likeness (QED) is 0.419. The third-order valence-electron chi connectivity index (χ3n) is 7.12. The second-order valence-corrected chi connectivity index (χ2v) is 8.60. The van der Waals surface area contributed by atoms with E-state index < -0.39 is 5.60 Å². The fourth-order valence-electron chi connectivity index (χ4n) is 5.54. The normalized spacial score (nSPS) is 23.3. The molecule has 2 saturated heterocycles.